The highest BCUT2D eigenvalue weighted by Crippen LogP contribution is 2.32. The van der Waals surface area contributed by atoms with Crippen LogP contribution in [0.15, 0.2) is 40.8 Å². The summed E-state index contributed by atoms with van der Waals surface area (Å²) in [5, 5.41) is 10.7. The Morgan fingerprint density at radius 2 is 2.09 bits per heavy atom. The second kappa shape index (κ2) is 6.14. The van der Waals surface area contributed by atoms with E-state index in [4.69, 9.17) is 9.15 Å². The summed E-state index contributed by atoms with van der Waals surface area (Å²) in [6, 6.07) is 9.01. The first-order chi connectivity index (χ1) is 11.0. The van der Waals surface area contributed by atoms with Crippen LogP contribution in [-0.2, 0) is 16.9 Å². The van der Waals surface area contributed by atoms with Gasteiger partial charge in [-0.05, 0) is 36.2 Å². The van der Waals surface area contributed by atoms with Crippen LogP contribution in [0.5, 0.6) is 0 Å². The number of methoxy groups -OCH3 is 1. The van der Waals surface area contributed by atoms with E-state index >= 15 is 0 Å². The molecule has 5 nitrogen and oxygen atoms in total. The maximum absolute atomic E-state index is 13.0. The Labute approximate surface area is 133 Å². The molecule has 1 aromatic heterocycles. The van der Waals surface area contributed by atoms with Gasteiger partial charge >= 0.3 is 0 Å². The largest absolute Gasteiger partial charge is 0.453 e. The molecule has 0 radical (unpaired) electrons. The molecule has 3 rings (SSSR count). The van der Waals surface area contributed by atoms with Gasteiger partial charge in [0.1, 0.15) is 23.8 Å². The summed E-state index contributed by atoms with van der Waals surface area (Å²) < 4.78 is 23.4. The maximum atomic E-state index is 13.0. The molecule has 0 aliphatic carbocycles. The van der Waals surface area contributed by atoms with Crippen LogP contribution in [0.2, 0.25) is 0 Å². The van der Waals surface area contributed by atoms with Gasteiger partial charge in [0.25, 0.3) is 5.91 Å². The Morgan fingerprint density at radius 1 is 1.35 bits per heavy atom. The molecule has 0 spiro atoms. The minimum Gasteiger partial charge on any atom is -0.453 e. The highest BCUT2D eigenvalue weighted by Gasteiger charge is 2.40. The van der Waals surface area contributed by atoms with Crippen LogP contribution in [0.1, 0.15) is 28.3 Å². The van der Waals surface area contributed by atoms with E-state index in [1.807, 2.05) is 0 Å². The summed E-state index contributed by atoms with van der Waals surface area (Å²) in [7, 11) is 1.55. The summed E-state index contributed by atoms with van der Waals surface area (Å²) >= 11 is 0. The fourth-order valence-electron chi connectivity index (χ4n) is 2.83. The molecular weight excluding hydrogens is 301 g/mol. The predicted molar refractivity (Wildman–Crippen MR) is 80.2 cm³/mol. The van der Waals surface area contributed by atoms with Crippen molar-refractivity contribution in [3.05, 3.63) is 59.3 Å². The maximum Gasteiger partial charge on any atom is 0.289 e. The highest BCUT2D eigenvalue weighted by atomic mass is 19.1. The van der Waals surface area contributed by atoms with Crippen molar-refractivity contribution in [3.63, 3.8) is 0 Å². The van der Waals surface area contributed by atoms with Crippen molar-refractivity contribution in [3.8, 4) is 0 Å². The van der Waals surface area contributed by atoms with Gasteiger partial charge in [-0.15, -0.1) is 0 Å². The van der Waals surface area contributed by atoms with E-state index in [-0.39, 0.29) is 24.0 Å². The van der Waals surface area contributed by atoms with E-state index in [9.17, 15) is 14.3 Å². The second-order valence-electron chi connectivity index (χ2n) is 5.71. The molecular formula is C17H18FNO4. The Hall–Kier alpha value is -2.18. The number of likely N-dealkylation sites (tertiary alicyclic amines) is 1. The summed E-state index contributed by atoms with van der Waals surface area (Å²) in [5.74, 6) is 0.166. The fourth-order valence-corrected chi connectivity index (χ4v) is 2.83. The number of β-amino-alcohol motifs (C(OH)–C–C–N with tert-alkyl or cyclic N) is 1. The summed E-state index contributed by atoms with van der Waals surface area (Å²) in [5.41, 5.74) is -0.556. The van der Waals surface area contributed by atoms with Crippen molar-refractivity contribution >= 4 is 5.91 Å². The summed E-state index contributed by atoms with van der Waals surface area (Å²) in [6.07, 6.45) is 0.399. The van der Waals surface area contributed by atoms with Crippen molar-refractivity contribution in [1.82, 2.24) is 4.90 Å². The van der Waals surface area contributed by atoms with Crippen molar-refractivity contribution in [1.29, 1.82) is 0 Å². The van der Waals surface area contributed by atoms with Gasteiger partial charge in [0.15, 0.2) is 5.76 Å². The molecule has 6 heteroatoms. The predicted octanol–water partition coefficient (Wildman–Crippen LogP) is 2.30. The first-order valence-electron chi connectivity index (χ1n) is 7.37. The smallest absolute Gasteiger partial charge is 0.289 e. The molecule has 2 aromatic rings. The van der Waals surface area contributed by atoms with E-state index in [1.165, 1.54) is 12.1 Å². The first kappa shape index (κ1) is 15.7. The van der Waals surface area contributed by atoms with Crippen LogP contribution in [0.4, 0.5) is 4.39 Å². The van der Waals surface area contributed by atoms with Gasteiger partial charge in [-0.3, -0.25) is 4.79 Å². The van der Waals surface area contributed by atoms with E-state index in [2.05, 4.69) is 0 Å². The van der Waals surface area contributed by atoms with Crippen molar-refractivity contribution in [2.75, 3.05) is 20.2 Å². The highest BCUT2D eigenvalue weighted by molar-refractivity contribution is 5.91. The zero-order valence-electron chi connectivity index (χ0n) is 12.8. The van der Waals surface area contributed by atoms with Crippen LogP contribution >= 0.6 is 0 Å². The van der Waals surface area contributed by atoms with Gasteiger partial charge in [0.2, 0.25) is 0 Å². The molecule has 1 fully saturated rings. The average molecular weight is 319 g/mol. The topological polar surface area (TPSA) is 62.9 Å². The lowest BCUT2D eigenvalue weighted by molar-refractivity contribution is 0.0405. The summed E-state index contributed by atoms with van der Waals surface area (Å²) in [6.45, 7) is 0.859. The molecule has 2 heterocycles. The minimum absolute atomic E-state index is 0.151. The monoisotopic (exact) mass is 319 g/mol. The van der Waals surface area contributed by atoms with Gasteiger partial charge < -0.3 is 19.2 Å². The first-order valence-corrected chi connectivity index (χ1v) is 7.37. The number of rotatable bonds is 4. The SMILES string of the molecule is COCc1ccc(C(=O)N2CCC(O)(c3ccc(F)cc3)C2)o1. The van der Waals surface area contributed by atoms with Gasteiger partial charge in [-0.1, -0.05) is 12.1 Å². The molecule has 23 heavy (non-hydrogen) atoms. The number of carbonyl (C=O) groups excluding carboxylic acids is 1. The lowest BCUT2D eigenvalue weighted by atomic mass is 9.93. The zero-order valence-corrected chi connectivity index (χ0v) is 12.8. The number of hydrogen-bond donors (Lipinski definition) is 1. The van der Waals surface area contributed by atoms with Crippen LogP contribution in [0, 0.1) is 5.82 Å². The molecule has 1 saturated heterocycles. The van der Waals surface area contributed by atoms with Gasteiger partial charge in [0, 0.05) is 13.7 Å². The number of aliphatic hydroxyl groups is 1. The van der Waals surface area contributed by atoms with Crippen LogP contribution < -0.4 is 0 Å². The third-order valence-corrected chi connectivity index (χ3v) is 4.08. The fraction of sp³-hybridized carbons (Fsp3) is 0.353. The van der Waals surface area contributed by atoms with E-state index in [1.54, 1.807) is 36.3 Å². The Balaban J connectivity index is 1.73. The number of ether oxygens (including phenoxy) is 1. The van der Waals surface area contributed by atoms with Crippen molar-refractivity contribution in [2.45, 2.75) is 18.6 Å². The van der Waals surface area contributed by atoms with Crippen LogP contribution in [0.3, 0.4) is 0 Å². The molecule has 0 saturated carbocycles. The number of amides is 1. The molecule has 1 unspecified atom stereocenters. The van der Waals surface area contributed by atoms with E-state index in [0.717, 1.165) is 0 Å². The standard InChI is InChI=1S/C17H18FNO4/c1-22-10-14-6-7-15(23-14)16(20)19-9-8-17(21,11-19)12-2-4-13(18)5-3-12/h2-7,21H,8-11H2,1H3. The summed E-state index contributed by atoms with van der Waals surface area (Å²) in [4.78, 5) is 14.0. The van der Waals surface area contributed by atoms with Gasteiger partial charge in [-0.25, -0.2) is 4.39 Å². The third kappa shape index (κ3) is 3.13. The quantitative estimate of drug-likeness (QED) is 0.939. The van der Waals surface area contributed by atoms with Crippen molar-refractivity contribution < 1.29 is 23.4 Å². The molecule has 1 aliphatic heterocycles. The van der Waals surface area contributed by atoms with Crippen molar-refractivity contribution in [2.24, 2.45) is 0 Å². The van der Waals surface area contributed by atoms with E-state index in [0.29, 0.717) is 30.9 Å². The number of halogens is 1. The average Bonchev–Trinajstić information content (AvgIpc) is 3.15. The number of carbonyl (C=O) groups is 1. The number of furan rings is 1. The molecule has 1 aromatic carbocycles. The molecule has 1 N–H and O–H groups in total. The normalized spacial score (nSPS) is 20.9. The molecule has 0 bridgehead atoms. The Kier molecular flexibility index (Phi) is 4.19. The zero-order chi connectivity index (χ0) is 16.4. The number of benzene rings is 1. The lowest BCUT2D eigenvalue weighted by Crippen LogP contribution is -2.34. The molecule has 1 amide bonds. The Bertz CT molecular complexity index is 697. The molecule has 122 valence electrons. The Morgan fingerprint density at radius 3 is 2.78 bits per heavy atom. The number of nitrogens with zero attached hydrogens (tertiary/aromatic N) is 1. The molecule has 1 atom stereocenters. The lowest BCUT2D eigenvalue weighted by Gasteiger charge is -2.23. The second-order valence-corrected chi connectivity index (χ2v) is 5.71. The van der Waals surface area contributed by atoms with Gasteiger partial charge in [-0.2, -0.15) is 0 Å². The number of hydrogen-bond acceptors (Lipinski definition) is 4. The third-order valence-electron chi connectivity index (χ3n) is 4.08. The van der Waals surface area contributed by atoms with Crippen LogP contribution in [0.25, 0.3) is 0 Å². The van der Waals surface area contributed by atoms with Crippen LogP contribution in [-0.4, -0.2) is 36.1 Å². The minimum atomic E-state index is -1.16. The molecule has 1 aliphatic rings. The van der Waals surface area contributed by atoms with Gasteiger partial charge in [0.05, 0.1) is 6.54 Å². The van der Waals surface area contributed by atoms with E-state index < -0.39 is 5.60 Å².